The van der Waals surface area contributed by atoms with E-state index in [1.54, 1.807) is 0 Å². The van der Waals surface area contributed by atoms with Gasteiger partial charge < -0.3 is 14.3 Å². The van der Waals surface area contributed by atoms with E-state index in [0.29, 0.717) is 4.68 Å². The van der Waals surface area contributed by atoms with Crippen LogP contribution in [-0.2, 0) is 32.3 Å². The molecular weight excluding hydrogens is 505 g/mol. The Labute approximate surface area is 194 Å². The number of benzene rings is 1. The molecule has 0 aliphatic rings. The average molecular weight is 519 g/mol. The summed E-state index contributed by atoms with van der Waals surface area (Å²) in [4.78, 5) is 16.6. The Kier molecular flexibility index (Phi) is 8.38. The van der Waals surface area contributed by atoms with Crippen LogP contribution < -0.4 is 0 Å². The number of methoxy groups -OCH3 is 1. The smallest absolute Gasteiger partial charge is 0.434 e. The Morgan fingerprint density at radius 2 is 1.94 bits per heavy atom. The van der Waals surface area contributed by atoms with Crippen LogP contribution in [0, 0.1) is 5.82 Å². The number of aryl methyl sites for hydroxylation is 1. The number of nitrogens with zero attached hydrogens (tertiary/aromatic N) is 3. The van der Waals surface area contributed by atoms with Crippen molar-refractivity contribution in [2.75, 3.05) is 20.8 Å². The van der Waals surface area contributed by atoms with Gasteiger partial charge in [0.05, 0.1) is 17.2 Å². The molecule has 0 saturated carbocycles. The van der Waals surface area contributed by atoms with Crippen molar-refractivity contribution in [2.24, 2.45) is 12.2 Å². The van der Waals surface area contributed by atoms with Crippen molar-refractivity contribution in [3.8, 4) is 11.3 Å². The summed E-state index contributed by atoms with van der Waals surface area (Å²) >= 11 is 17.7. The molecule has 32 heavy (non-hydrogen) atoms. The zero-order valence-corrected chi connectivity index (χ0v) is 18.8. The number of halogens is 7. The SMILES string of the molecule is CON=C(COC(=O)C(Cl)=Cc1cc(-c2nn(C)c(C(F)(F)F)c2Cl)c(F)cc1Cl)OC. The van der Waals surface area contributed by atoms with Crippen molar-refractivity contribution in [1.29, 1.82) is 0 Å². The molecule has 1 aromatic heterocycles. The molecule has 0 saturated heterocycles. The first kappa shape index (κ1) is 25.8. The largest absolute Gasteiger partial charge is 0.480 e. The van der Waals surface area contributed by atoms with Gasteiger partial charge in [-0.2, -0.15) is 18.3 Å². The number of esters is 1. The fourth-order valence-electron chi connectivity index (χ4n) is 2.45. The molecular formula is C18H14Cl3F4N3O4. The normalized spacial score (nSPS) is 12.7. The van der Waals surface area contributed by atoms with E-state index in [0.717, 1.165) is 25.3 Å². The minimum absolute atomic E-state index is 0.00202. The summed E-state index contributed by atoms with van der Waals surface area (Å²) in [6, 6.07) is 1.87. The third-order valence-electron chi connectivity index (χ3n) is 3.83. The van der Waals surface area contributed by atoms with Gasteiger partial charge in [-0.1, -0.05) is 34.8 Å². The molecule has 0 bridgehead atoms. The average Bonchev–Trinajstić information content (AvgIpc) is 3.00. The molecule has 0 unspecified atom stereocenters. The lowest BCUT2D eigenvalue weighted by Gasteiger charge is -2.08. The van der Waals surface area contributed by atoms with Gasteiger partial charge >= 0.3 is 12.1 Å². The maximum Gasteiger partial charge on any atom is 0.434 e. The highest BCUT2D eigenvalue weighted by atomic mass is 35.5. The third-order valence-corrected chi connectivity index (χ3v) is 4.78. The molecule has 7 nitrogen and oxygen atoms in total. The van der Waals surface area contributed by atoms with Gasteiger partial charge in [0, 0.05) is 12.6 Å². The summed E-state index contributed by atoms with van der Waals surface area (Å²) in [7, 11) is 3.55. The number of carbonyl (C=O) groups excluding carboxylic acids is 1. The Bertz CT molecular complexity index is 1080. The van der Waals surface area contributed by atoms with E-state index in [2.05, 4.69) is 15.1 Å². The molecule has 0 N–H and O–H groups in total. The molecule has 0 spiro atoms. The van der Waals surface area contributed by atoms with E-state index in [1.807, 2.05) is 0 Å². The van der Waals surface area contributed by atoms with E-state index in [9.17, 15) is 22.4 Å². The number of alkyl halides is 3. The number of ether oxygens (including phenoxy) is 2. The fourth-order valence-corrected chi connectivity index (χ4v) is 3.20. The molecule has 0 aliphatic heterocycles. The van der Waals surface area contributed by atoms with Crippen LogP contribution in [0.3, 0.4) is 0 Å². The van der Waals surface area contributed by atoms with E-state index in [4.69, 9.17) is 44.3 Å². The zero-order chi connectivity index (χ0) is 24.2. The lowest BCUT2D eigenvalue weighted by atomic mass is 10.1. The molecule has 0 fully saturated rings. The third kappa shape index (κ3) is 5.84. The van der Waals surface area contributed by atoms with Crippen LogP contribution in [0.25, 0.3) is 17.3 Å². The predicted octanol–water partition coefficient (Wildman–Crippen LogP) is 5.28. The predicted molar refractivity (Wildman–Crippen MR) is 110 cm³/mol. The second-order valence-corrected chi connectivity index (χ2v) is 7.12. The van der Waals surface area contributed by atoms with Gasteiger partial charge in [0.25, 0.3) is 5.90 Å². The van der Waals surface area contributed by atoms with Crippen LogP contribution in [0.1, 0.15) is 11.3 Å². The lowest BCUT2D eigenvalue weighted by Crippen LogP contribution is -2.15. The fraction of sp³-hybridized carbons (Fsp3) is 0.278. The lowest BCUT2D eigenvalue weighted by molar-refractivity contribution is -0.143. The molecule has 0 aliphatic carbocycles. The standard InChI is InChI=1S/C18H14Cl3F4N3O4/c1-28-16(18(23,24)25)14(21)15(26-28)9-4-8(10(19)6-12(9)22)5-11(20)17(29)32-7-13(30-2)27-31-3/h4-6H,7H2,1-3H3. The highest BCUT2D eigenvalue weighted by molar-refractivity contribution is 6.43. The second kappa shape index (κ2) is 10.4. The topological polar surface area (TPSA) is 74.9 Å². The summed E-state index contributed by atoms with van der Waals surface area (Å²) in [6.45, 7) is -0.403. The van der Waals surface area contributed by atoms with Crippen molar-refractivity contribution in [2.45, 2.75) is 6.18 Å². The van der Waals surface area contributed by atoms with Crippen molar-refractivity contribution >= 4 is 52.7 Å². The molecule has 0 amide bonds. The Morgan fingerprint density at radius 1 is 1.28 bits per heavy atom. The number of oxime groups is 1. The second-order valence-electron chi connectivity index (χ2n) is 5.93. The van der Waals surface area contributed by atoms with E-state index >= 15 is 0 Å². The molecule has 1 aromatic carbocycles. The van der Waals surface area contributed by atoms with Gasteiger partial charge in [-0.05, 0) is 28.9 Å². The van der Waals surface area contributed by atoms with Crippen LogP contribution in [0.5, 0.6) is 0 Å². The van der Waals surface area contributed by atoms with Crippen LogP contribution >= 0.6 is 34.8 Å². The highest BCUT2D eigenvalue weighted by Gasteiger charge is 2.39. The van der Waals surface area contributed by atoms with Gasteiger partial charge in [-0.15, -0.1) is 0 Å². The minimum atomic E-state index is -4.82. The number of hydrogen-bond donors (Lipinski definition) is 0. The summed E-state index contributed by atoms with van der Waals surface area (Å²) in [5.74, 6) is -2.05. The van der Waals surface area contributed by atoms with Crippen molar-refractivity contribution in [3.63, 3.8) is 0 Å². The number of carbonyl (C=O) groups is 1. The monoisotopic (exact) mass is 517 g/mol. The molecule has 2 rings (SSSR count). The molecule has 1 heterocycles. The molecule has 174 valence electrons. The Morgan fingerprint density at radius 3 is 2.47 bits per heavy atom. The Hall–Kier alpha value is -2.50. The summed E-state index contributed by atoms with van der Waals surface area (Å²) < 4.78 is 64.2. The summed E-state index contributed by atoms with van der Waals surface area (Å²) in [5, 5.41) is 5.66. The highest BCUT2D eigenvalue weighted by Crippen LogP contribution is 2.41. The number of rotatable bonds is 6. The first-order chi connectivity index (χ1) is 14.9. The van der Waals surface area contributed by atoms with Gasteiger partial charge in [-0.3, -0.25) is 4.68 Å². The molecule has 2 aromatic rings. The zero-order valence-electron chi connectivity index (χ0n) is 16.6. The summed E-state index contributed by atoms with van der Waals surface area (Å²) in [5.41, 5.74) is -2.11. The van der Waals surface area contributed by atoms with Crippen LogP contribution in [0.2, 0.25) is 10.0 Å². The van der Waals surface area contributed by atoms with E-state index in [-0.39, 0.29) is 22.0 Å². The first-order valence-corrected chi connectivity index (χ1v) is 9.51. The van der Waals surface area contributed by atoms with Gasteiger partial charge in [0.1, 0.15) is 23.7 Å². The maximum absolute atomic E-state index is 14.5. The number of hydrogen-bond acceptors (Lipinski definition) is 6. The Balaban J connectivity index is 2.41. The van der Waals surface area contributed by atoms with Gasteiger partial charge in [-0.25, -0.2) is 9.18 Å². The van der Waals surface area contributed by atoms with Crippen LogP contribution in [0.15, 0.2) is 22.3 Å². The van der Waals surface area contributed by atoms with Crippen molar-refractivity contribution in [1.82, 2.24) is 9.78 Å². The number of aromatic nitrogens is 2. The van der Waals surface area contributed by atoms with Gasteiger partial charge in [0.2, 0.25) is 0 Å². The van der Waals surface area contributed by atoms with Gasteiger partial charge in [0.15, 0.2) is 12.3 Å². The van der Waals surface area contributed by atoms with Crippen LogP contribution in [-0.4, -0.2) is 42.5 Å². The van der Waals surface area contributed by atoms with E-state index in [1.165, 1.54) is 14.2 Å². The summed E-state index contributed by atoms with van der Waals surface area (Å²) in [6.07, 6.45) is -3.78. The molecule has 0 radical (unpaired) electrons. The maximum atomic E-state index is 14.5. The first-order valence-electron chi connectivity index (χ1n) is 8.38. The molecule has 0 atom stereocenters. The van der Waals surface area contributed by atoms with Crippen molar-refractivity contribution in [3.05, 3.63) is 44.3 Å². The quantitative estimate of drug-likeness (QED) is 0.130. The van der Waals surface area contributed by atoms with Crippen molar-refractivity contribution < 1.29 is 36.7 Å². The molecule has 14 heteroatoms. The van der Waals surface area contributed by atoms with E-state index < -0.39 is 46.0 Å². The minimum Gasteiger partial charge on any atom is -0.480 e. The van der Waals surface area contributed by atoms with Crippen LogP contribution in [0.4, 0.5) is 17.6 Å².